The van der Waals surface area contributed by atoms with E-state index in [2.05, 4.69) is 11.2 Å². The number of nitrogens with one attached hydrogen (secondary N) is 1. The summed E-state index contributed by atoms with van der Waals surface area (Å²) in [5, 5.41) is 2.56. The minimum absolute atomic E-state index is 0.0733. The zero-order chi connectivity index (χ0) is 21.4. The molecule has 0 aromatic heterocycles. The highest BCUT2D eigenvalue weighted by atomic mass is 19.4. The topological polar surface area (TPSA) is 47.6 Å². The second-order valence-corrected chi connectivity index (χ2v) is 6.07. The number of carbonyl (C=O) groups excluding carboxylic acids is 1. The Morgan fingerprint density at radius 1 is 1.14 bits per heavy atom. The summed E-state index contributed by atoms with van der Waals surface area (Å²) in [6.45, 7) is 0.0265. The summed E-state index contributed by atoms with van der Waals surface area (Å²) in [6.07, 6.45) is 0.935. The van der Waals surface area contributed by atoms with E-state index in [1.165, 1.54) is 7.11 Å². The van der Waals surface area contributed by atoms with Gasteiger partial charge in [-0.1, -0.05) is 18.1 Å². The predicted molar refractivity (Wildman–Crippen MR) is 98.9 cm³/mol. The Kier molecular flexibility index (Phi) is 7.48. The molecule has 0 aliphatic rings. The Balaban J connectivity index is 1.89. The molecule has 0 saturated heterocycles. The molecule has 2 rings (SSSR count). The van der Waals surface area contributed by atoms with Crippen LogP contribution >= 0.6 is 0 Å². The lowest BCUT2D eigenvalue weighted by atomic mass is 10.1. The molecule has 0 aliphatic carbocycles. The summed E-state index contributed by atoms with van der Waals surface area (Å²) in [5.74, 6) is 1.63. The highest BCUT2D eigenvalue weighted by molar-refractivity contribution is 5.76. The Bertz CT molecular complexity index is 904. The third-order valence-corrected chi connectivity index (χ3v) is 4.01. The van der Waals surface area contributed by atoms with Crippen molar-refractivity contribution < 1.29 is 31.8 Å². The Morgan fingerprint density at radius 3 is 2.48 bits per heavy atom. The van der Waals surface area contributed by atoms with Gasteiger partial charge in [-0.2, -0.15) is 13.2 Å². The number of aryl methyl sites for hydroxylation is 1. The number of rotatable bonds is 8. The zero-order valence-electron chi connectivity index (χ0n) is 15.6. The summed E-state index contributed by atoms with van der Waals surface area (Å²) < 4.78 is 61.8. The van der Waals surface area contributed by atoms with Crippen LogP contribution in [0.4, 0.5) is 17.6 Å². The van der Waals surface area contributed by atoms with Gasteiger partial charge in [-0.3, -0.25) is 4.79 Å². The van der Waals surface area contributed by atoms with Gasteiger partial charge in [0.25, 0.3) is 0 Å². The lowest BCUT2D eigenvalue weighted by Gasteiger charge is -2.11. The Hall–Kier alpha value is -3.21. The largest absolute Gasteiger partial charge is 0.493 e. The predicted octanol–water partition coefficient (Wildman–Crippen LogP) is 4.11. The van der Waals surface area contributed by atoms with E-state index in [1.54, 1.807) is 18.2 Å². The summed E-state index contributed by atoms with van der Waals surface area (Å²) in [7, 11) is 1.48. The number of hydrogen-bond acceptors (Lipinski definition) is 3. The van der Waals surface area contributed by atoms with Crippen molar-refractivity contribution in [1.29, 1.82) is 0 Å². The van der Waals surface area contributed by atoms with Gasteiger partial charge in [-0.15, -0.1) is 6.42 Å². The molecule has 1 amide bonds. The average molecular weight is 409 g/mol. The highest BCUT2D eigenvalue weighted by Crippen LogP contribution is 2.31. The van der Waals surface area contributed by atoms with Crippen LogP contribution in [0.1, 0.15) is 23.1 Å². The van der Waals surface area contributed by atoms with Crippen LogP contribution in [0.15, 0.2) is 36.4 Å². The Morgan fingerprint density at radius 2 is 1.86 bits per heavy atom. The van der Waals surface area contributed by atoms with Crippen LogP contribution in [0.5, 0.6) is 11.5 Å². The molecule has 4 nitrogen and oxygen atoms in total. The first-order chi connectivity index (χ1) is 13.7. The standard InChI is InChI=1S/C21H19F4NO3/c1-3-10-29-18-8-5-14(12-19(18)28-2)6-9-20(27)26-13-15-4-7-16(17(22)11-15)21(23,24)25/h1,4-5,7-8,11-12H,6,9-10,13H2,2H3,(H,26,27). The number of terminal acetylenes is 1. The van der Waals surface area contributed by atoms with Crippen molar-refractivity contribution in [2.24, 2.45) is 0 Å². The molecule has 2 aromatic rings. The van der Waals surface area contributed by atoms with Gasteiger partial charge in [0.2, 0.25) is 5.91 Å². The van der Waals surface area contributed by atoms with Crippen LogP contribution in [-0.4, -0.2) is 19.6 Å². The summed E-state index contributed by atoms with van der Waals surface area (Å²) >= 11 is 0. The lowest BCUT2D eigenvalue weighted by Crippen LogP contribution is -2.23. The molecular weight excluding hydrogens is 390 g/mol. The molecule has 154 valence electrons. The fourth-order valence-electron chi connectivity index (χ4n) is 2.55. The van der Waals surface area contributed by atoms with Gasteiger partial charge in [-0.25, -0.2) is 4.39 Å². The second-order valence-electron chi connectivity index (χ2n) is 6.07. The molecule has 0 spiro atoms. The Labute approximate surface area is 165 Å². The summed E-state index contributed by atoms with van der Waals surface area (Å²) in [4.78, 5) is 12.0. The van der Waals surface area contributed by atoms with Crippen molar-refractivity contribution >= 4 is 5.91 Å². The molecule has 0 radical (unpaired) electrons. The fourth-order valence-corrected chi connectivity index (χ4v) is 2.55. The van der Waals surface area contributed by atoms with E-state index in [0.29, 0.717) is 24.0 Å². The molecule has 29 heavy (non-hydrogen) atoms. The van der Waals surface area contributed by atoms with Gasteiger partial charge >= 0.3 is 6.18 Å². The van der Waals surface area contributed by atoms with Crippen LogP contribution in [0.25, 0.3) is 0 Å². The van der Waals surface area contributed by atoms with Gasteiger partial charge < -0.3 is 14.8 Å². The number of benzene rings is 2. The van der Waals surface area contributed by atoms with Crippen molar-refractivity contribution in [1.82, 2.24) is 5.32 Å². The average Bonchev–Trinajstić information content (AvgIpc) is 2.68. The number of amides is 1. The van der Waals surface area contributed by atoms with Crippen molar-refractivity contribution in [2.75, 3.05) is 13.7 Å². The normalized spacial score (nSPS) is 10.9. The molecule has 0 fully saturated rings. The van der Waals surface area contributed by atoms with E-state index >= 15 is 0 Å². The van der Waals surface area contributed by atoms with Gasteiger partial charge in [0.15, 0.2) is 11.5 Å². The number of methoxy groups -OCH3 is 1. The van der Waals surface area contributed by atoms with Crippen LogP contribution in [0.3, 0.4) is 0 Å². The van der Waals surface area contributed by atoms with E-state index in [4.69, 9.17) is 15.9 Å². The van der Waals surface area contributed by atoms with E-state index in [0.717, 1.165) is 17.7 Å². The number of halogens is 4. The molecule has 0 aliphatic heterocycles. The summed E-state index contributed by atoms with van der Waals surface area (Å²) in [6, 6.07) is 7.74. The van der Waals surface area contributed by atoms with Crippen LogP contribution < -0.4 is 14.8 Å². The van der Waals surface area contributed by atoms with Gasteiger partial charge in [0, 0.05) is 13.0 Å². The first-order valence-corrected chi connectivity index (χ1v) is 8.60. The molecule has 0 unspecified atom stereocenters. The smallest absolute Gasteiger partial charge is 0.419 e. The molecule has 0 saturated carbocycles. The van der Waals surface area contributed by atoms with E-state index in [9.17, 15) is 22.4 Å². The molecule has 0 atom stereocenters. The molecular formula is C21H19F4NO3. The maximum Gasteiger partial charge on any atom is 0.419 e. The molecule has 1 N–H and O–H groups in total. The van der Waals surface area contributed by atoms with Crippen molar-refractivity contribution in [3.05, 3.63) is 58.9 Å². The van der Waals surface area contributed by atoms with Crippen LogP contribution in [0.2, 0.25) is 0 Å². The first kappa shape index (κ1) is 22.1. The molecule has 0 bridgehead atoms. The van der Waals surface area contributed by atoms with Crippen LogP contribution in [-0.2, 0) is 23.9 Å². The van der Waals surface area contributed by atoms with E-state index in [-0.39, 0.29) is 31.0 Å². The van der Waals surface area contributed by atoms with E-state index < -0.39 is 17.6 Å². The first-order valence-electron chi connectivity index (χ1n) is 8.60. The fraction of sp³-hybridized carbons (Fsp3) is 0.286. The number of carbonyl (C=O) groups is 1. The van der Waals surface area contributed by atoms with Gasteiger partial charge in [-0.05, 0) is 41.8 Å². The number of hydrogen-bond donors (Lipinski definition) is 1. The minimum Gasteiger partial charge on any atom is -0.493 e. The van der Waals surface area contributed by atoms with Gasteiger partial charge in [0.05, 0.1) is 12.7 Å². The van der Waals surface area contributed by atoms with Crippen molar-refractivity contribution in [3.63, 3.8) is 0 Å². The maximum atomic E-state index is 13.6. The SMILES string of the molecule is C#CCOc1ccc(CCC(=O)NCc2ccc(C(F)(F)F)c(F)c2)cc1OC. The van der Waals surface area contributed by atoms with Crippen molar-refractivity contribution in [3.8, 4) is 23.8 Å². The summed E-state index contributed by atoms with van der Waals surface area (Å²) in [5.41, 5.74) is -0.276. The quantitative estimate of drug-likeness (QED) is 0.527. The van der Waals surface area contributed by atoms with Crippen LogP contribution in [0, 0.1) is 18.2 Å². The lowest BCUT2D eigenvalue weighted by molar-refractivity contribution is -0.140. The minimum atomic E-state index is -4.76. The zero-order valence-corrected chi connectivity index (χ0v) is 15.6. The third kappa shape index (κ3) is 6.42. The monoisotopic (exact) mass is 409 g/mol. The van der Waals surface area contributed by atoms with Crippen molar-refractivity contribution in [2.45, 2.75) is 25.6 Å². The van der Waals surface area contributed by atoms with E-state index in [1.807, 2.05) is 0 Å². The maximum absolute atomic E-state index is 13.6. The third-order valence-electron chi connectivity index (χ3n) is 4.01. The van der Waals surface area contributed by atoms with Gasteiger partial charge in [0.1, 0.15) is 12.4 Å². The molecule has 2 aromatic carbocycles. The number of alkyl halides is 3. The molecule has 0 heterocycles. The second kappa shape index (κ2) is 9.82. The number of ether oxygens (including phenoxy) is 2. The molecule has 8 heteroatoms. The highest BCUT2D eigenvalue weighted by Gasteiger charge is 2.33.